The number of hydrogen-bond acceptors (Lipinski definition) is 6. The van der Waals surface area contributed by atoms with E-state index in [2.05, 4.69) is 16.0 Å². The molecule has 4 aromatic rings. The summed E-state index contributed by atoms with van der Waals surface area (Å²) in [6, 6.07) is 28.6. The Morgan fingerprint density at radius 3 is 2.31 bits per heavy atom. The zero-order valence-electron chi connectivity index (χ0n) is 25.5. The number of ether oxygens (including phenoxy) is 1. The zero-order chi connectivity index (χ0) is 32.3. The van der Waals surface area contributed by atoms with E-state index in [9.17, 15) is 14.4 Å². The Morgan fingerprint density at radius 1 is 0.911 bits per heavy atom. The molecule has 0 saturated heterocycles. The van der Waals surface area contributed by atoms with Crippen LogP contribution in [0, 0.1) is 0 Å². The van der Waals surface area contributed by atoms with E-state index in [1.165, 1.54) is 18.9 Å². The Kier molecular flexibility index (Phi) is 11.7. The molecule has 0 saturated carbocycles. The number of halogens is 1. The molecule has 8 nitrogen and oxygen atoms in total. The van der Waals surface area contributed by atoms with Crippen LogP contribution in [0.5, 0.6) is 5.75 Å². The molecule has 0 aromatic heterocycles. The number of nitrogens with one attached hydrogen (secondary N) is 3. The van der Waals surface area contributed by atoms with Crippen molar-refractivity contribution in [3.63, 3.8) is 0 Å². The predicted molar refractivity (Wildman–Crippen MR) is 184 cm³/mol. The van der Waals surface area contributed by atoms with Crippen LogP contribution in [-0.2, 0) is 9.59 Å². The second kappa shape index (κ2) is 15.8. The first-order valence-corrected chi connectivity index (χ1v) is 15.5. The minimum Gasteiger partial charge on any atom is -0.495 e. The van der Waals surface area contributed by atoms with Crippen LogP contribution in [0.1, 0.15) is 29.3 Å². The fraction of sp³-hybridized carbons (Fsp3) is 0.171. The van der Waals surface area contributed by atoms with E-state index in [4.69, 9.17) is 16.3 Å². The first-order chi connectivity index (χ1) is 21.7. The fourth-order valence-electron chi connectivity index (χ4n) is 4.30. The van der Waals surface area contributed by atoms with Gasteiger partial charge in [-0.05, 0) is 78.7 Å². The molecule has 45 heavy (non-hydrogen) atoms. The Hall–Kier alpha value is -4.73. The fourth-order valence-corrected chi connectivity index (χ4v) is 5.49. The van der Waals surface area contributed by atoms with Crippen LogP contribution in [0.3, 0.4) is 0 Å². The van der Waals surface area contributed by atoms with Gasteiger partial charge in [0.05, 0.1) is 18.0 Å². The van der Waals surface area contributed by atoms with E-state index in [0.717, 1.165) is 16.1 Å². The van der Waals surface area contributed by atoms with Gasteiger partial charge in [-0.1, -0.05) is 54.9 Å². The van der Waals surface area contributed by atoms with Crippen molar-refractivity contribution in [2.24, 2.45) is 0 Å². The molecule has 3 N–H and O–H groups in total. The van der Waals surface area contributed by atoms with Crippen molar-refractivity contribution in [2.75, 3.05) is 36.7 Å². The molecular weight excluding hydrogens is 608 g/mol. The Morgan fingerprint density at radius 2 is 1.64 bits per heavy atom. The van der Waals surface area contributed by atoms with Crippen LogP contribution >= 0.6 is 23.4 Å². The van der Waals surface area contributed by atoms with Crippen molar-refractivity contribution in [2.45, 2.75) is 23.5 Å². The molecule has 10 heteroatoms. The summed E-state index contributed by atoms with van der Waals surface area (Å²) >= 11 is 7.50. The van der Waals surface area contributed by atoms with Crippen LogP contribution in [0.15, 0.2) is 108 Å². The molecule has 0 radical (unpaired) electrons. The lowest BCUT2D eigenvalue weighted by atomic mass is 10.1. The summed E-state index contributed by atoms with van der Waals surface area (Å²) in [6.45, 7) is 1.93. The number of amides is 3. The molecule has 4 aromatic carbocycles. The first-order valence-electron chi connectivity index (χ1n) is 14.2. The predicted octanol–water partition coefficient (Wildman–Crippen LogP) is 7.33. The molecule has 0 spiro atoms. The van der Waals surface area contributed by atoms with Crippen molar-refractivity contribution < 1.29 is 19.1 Å². The molecule has 0 heterocycles. The number of anilines is 3. The number of thioether (sulfide) groups is 1. The van der Waals surface area contributed by atoms with Crippen LogP contribution in [0.25, 0.3) is 6.08 Å². The molecule has 0 aliphatic carbocycles. The maximum Gasteiger partial charge on any atom is 0.272 e. The minimum atomic E-state index is -0.490. The van der Waals surface area contributed by atoms with Crippen molar-refractivity contribution in [3.05, 3.63) is 119 Å². The molecule has 1 unspecified atom stereocenters. The van der Waals surface area contributed by atoms with Crippen LogP contribution < -0.4 is 25.6 Å². The minimum absolute atomic E-state index is 0.0841. The summed E-state index contributed by atoms with van der Waals surface area (Å²) in [5.74, 6) is -0.587. The summed E-state index contributed by atoms with van der Waals surface area (Å²) < 4.78 is 5.35. The SMILES string of the molecule is CCC(Sc1cccc(NC(=O)/C(=C\c2ccc(N(C)C)cc2)NC(=O)c2ccccc2)c1)C(=O)Nc1cc(Cl)ccc1OC. The average molecular weight is 643 g/mol. The Bertz CT molecular complexity index is 1680. The van der Waals surface area contributed by atoms with Crippen LogP contribution in [0.4, 0.5) is 17.1 Å². The van der Waals surface area contributed by atoms with Crippen molar-refractivity contribution in [1.29, 1.82) is 0 Å². The monoisotopic (exact) mass is 642 g/mol. The average Bonchev–Trinajstić information content (AvgIpc) is 3.04. The second-order valence-electron chi connectivity index (χ2n) is 10.2. The molecule has 0 aliphatic heterocycles. The largest absolute Gasteiger partial charge is 0.495 e. The highest BCUT2D eigenvalue weighted by Crippen LogP contribution is 2.32. The normalized spacial score (nSPS) is 11.7. The third-order valence-corrected chi connectivity index (χ3v) is 8.30. The van der Waals surface area contributed by atoms with Crippen LogP contribution in [0.2, 0.25) is 5.02 Å². The summed E-state index contributed by atoms with van der Waals surface area (Å²) in [5, 5.41) is 8.63. The zero-order valence-corrected chi connectivity index (χ0v) is 27.0. The number of benzene rings is 4. The third-order valence-electron chi connectivity index (χ3n) is 6.70. The van der Waals surface area contributed by atoms with Gasteiger partial charge in [0.2, 0.25) is 5.91 Å². The summed E-state index contributed by atoms with van der Waals surface area (Å²) in [7, 11) is 5.42. The highest BCUT2D eigenvalue weighted by Gasteiger charge is 2.21. The highest BCUT2D eigenvalue weighted by atomic mass is 35.5. The standard InChI is InChI=1S/C35H35ClN4O4S/c1-5-32(35(43)38-29-21-25(36)16-19-31(29)44-4)45-28-13-9-12-26(22-28)37-34(42)30(39-33(41)24-10-7-6-8-11-24)20-23-14-17-27(18-15-23)40(2)3/h6-22,32H,5H2,1-4H3,(H,37,42)(H,38,43)(H,39,41)/b30-20+. The van der Waals surface area contributed by atoms with Gasteiger partial charge in [-0.15, -0.1) is 11.8 Å². The second-order valence-corrected chi connectivity index (χ2v) is 11.9. The number of carbonyl (C=O) groups is 3. The number of rotatable bonds is 12. The van der Waals surface area contributed by atoms with Gasteiger partial charge in [-0.25, -0.2) is 0 Å². The molecular formula is C35H35ClN4O4S. The van der Waals surface area contributed by atoms with Crippen LogP contribution in [-0.4, -0.2) is 44.2 Å². The number of hydrogen-bond donors (Lipinski definition) is 3. The highest BCUT2D eigenvalue weighted by molar-refractivity contribution is 8.00. The van der Waals surface area contributed by atoms with Gasteiger partial charge in [-0.2, -0.15) is 0 Å². The van der Waals surface area contributed by atoms with Crippen molar-refractivity contribution in [1.82, 2.24) is 5.32 Å². The third kappa shape index (κ3) is 9.38. The molecule has 3 amide bonds. The lowest BCUT2D eigenvalue weighted by molar-refractivity contribution is -0.116. The molecule has 0 fully saturated rings. The Labute approximate surface area is 272 Å². The van der Waals surface area contributed by atoms with Gasteiger partial charge in [0, 0.05) is 41.0 Å². The summed E-state index contributed by atoms with van der Waals surface area (Å²) in [6.07, 6.45) is 2.19. The number of carbonyl (C=O) groups excluding carboxylic acids is 3. The lowest BCUT2D eigenvalue weighted by Crippen LogP contribution is -2.30. The number of methoxy groups -OCH3 is 1. The number of nitrogens with zero attached hydrogens (tertiary/aromatic N) is 1. The summed E-state index contributed by atoms with van der Waals surface area (Å²) in [5.41, 5.74) is 3.27. The summed E-state index contributed by atoms with van der Waals surface area (Å²) in [4.78, 5) is 42.5. The lowest BCUT2D eigenvalue weighted by Gasteiger charge is -2.17. The van der Waals surface area contributed by atoms with Crippen molar-refractivity contribution in [3.8, 4) is 5.75 Å². The van der Waals surface area contributed by atoms with Gasteiger partial charge in [-0.3, -0.25) is 14.4 Å². The molecule has 0 aliphatic rings. The van der Waals surface area contributed by atoms with E-state index < -0.39 is 17.1 Å². The maximum absolute atomic E-state index is 13.6. The van der Waals surface area contributed by atoms with Crippen molar-refractivity contribution >= 4 is 64.2 Å². The van der Waals surface area contributed by atoms with Gasteiger partial charge < -0.3 is 25.6 Å². The first kappa shape index (κ1) is 33.2. The maximum atomic E-state index is 13.6. The molecule has 1 atom stereocenters. The van der Waals surface area contributed by atoms with Gasteiger partial charge in [0.1, 0.15) is 11.4 Å². The van der Waals surface area contributed by atoms with Gasteiger partial charge in [0.15, 0.2) is 0 Å². The molecule has 0 bridgehead atoms. The Balaban J connectivity index is 1.52. The molecule has 232 valence electrons. The van der Waals surface area contributed by atoms with Gasteiger partial charge >= 0.3 is 0 Å². The van der Waals surface area contributed by atoms with E-state index in [0.29, 0.717) is 34.1 Å². The van der Waals surface area contributed by atoms with Gasteiger partial charge in [0.25, 0.3) is 11.8 Å². The molecule has 4 rings (SSSR count). The smallest absolute Gasteiger partial charge is 0.272 e. The van der Waals surface area contributed by atoms with E-state index in [1.807, 2.05) is 62.3 Å². The quantitative estimate of drug-likeness (QED) is 0.111. The van der Waals surface area contributed by atoms with E-state index in [1.54, 1.807) is 66.7 Å². The topological polar surface area (TPSA) is 99.8 Å². The van der Waals surface area contributed by atoms with E-state index in [-0.39, 0.29) is 11.6 Å². The van der Waals surface area contributed by atoms with E-state index >= 15 is 0 Å².